The Morgan fingerprint density at radius 3 is 2.23 bits per heavy atom. The highest BCUT2D eigenvalue weighted by Crippen LogP contribution is 2.08. The van der Waals surface area contributed by atoms with E-state index in [4.69, 9.17) is 14.8 Å². The summed E-state index contributed by atoms with van der Waals surface area (Å²) in [5.74, 6) is 0. The quantitative estimate of drug-likeness (QED) is 0.593. The molecule has 0 saturated heterocycles. The molecular formula is C7H16BNO4. The molecule has 0 heterocycles. The van der Waals surface area contributed by atoms with Crippen LogP contribution in [-0.4, -0.2) is 47.3 Å². The van der Waals surface area contributed by atoms with Crippen molar-refractivity contribution in [2.24, 2.45) is 0 Å². The molecule has 0 aromatic rings. The number of carbonyl (C=O) groups excluding carboxylic acids is 1. The fraction of sp³-hybridized carbons (Fsp3) is 0.857. The van der Waals surface area contributed by atoms with Gasteiger partial charge in [0, 0.05) is 7.05 Å². The lowest BCUT2D eigenvalue weighted by Gasteiger charge is -2.24. The first-order chi connectivity index (χ1) is 5.72. The van der Waals surface area contributed by atoms with Crippen molar-refractivity contribution < 1.29 is 19.6 Å². The maximum Gasteiger partial charge on any atom is 0.472 e. The predicted octanol–water partition coefficient (Wildman–Crippen LogP) is -0.135. The molecule has 0 aliphatic carbocycles. The van der Waals surface area contributed by atoms with E-state index in [0.717, 1.165) is 4.90 Å². The van der Waals surface area contributed by atoms with Gasteiger partial charge < -0.3 is 19.7 Å². The van der Waals surface area contributed by atoms with Crippen molar-refractivity contribution in [1.29, 1.82) is 0 Å². The molecule has 0 spiro atoms. The Bertz CT molecular complexity index is 178. The van der Waals surface area contributed by atoms with Crippen molar-refractivity contribution >= 4 is 13.2 Å². The molecule has 76 valence electrons. The summed E-state index contributed by atoms with van der Waals surface area (Å²) in [4.78, 5) is 12.3. The summed E-state index contributed by atoms with van der Waals surface area (Å²) >= 11 is 0. The molecule has 5 nitrogen and oxygen atoms in total. The van der Waals surface area contributed by atoms with E-state index in [0.29, 0.717) is 0 Å². The van der Waals surface area contributed by atoms with Crippen LogP contribution < -0.4 is 0 Å². The van der Waals surface area contributed by atoms with E-state index in [1.807, 2.05) is 0 Å². The van der Waals surface area contributed by atoms with E-state index in [1.54, 1.807) is 20.8 Å². The van der Waals surface area contributed by atoms with Gasteiger partial charge in [0.15, 0.2) is 0 Å². The summed E-state index contributed by atoms with van der Waals surface area (Å²) in [6, 6.07) is 0. The molecule has 0 atom stereocenters. The van der Waals surface area contributed by atoms with E-state index < -0.39 is 18.8 Å². The Balaban J connectivity index is 3.97. The molecule has 6 heteroatoms. The Morgan fingerprint density at radius 1 is 1.46 bits per heavy atom. The van der Waals surface area contributed by atoms with Crippen LogP contribution in [0.3, 0.4) is 0 Å². The van der Waals surface area contributed by atoms with Crippen molar-refractivity contribution in [3.8, 4) is 0 Å². The fourth-order valence-corrected chi connectivity index (χ4v) is 0.659. The molecule has 0 unspecified atom stereocenters. The standard InChI is InChI=1S/C7H16BNO4/c1-7(2,3)13-6(10)9(4)5-8(11)12/h11-12H,5H2,1-4H3. The Kier molecular flexibility index (Phi) is 4.22. The first-order valence-electron chi connectivity index (χ1n) is 4.02. The first kappa shape index (κ1) is 12.3. The normalized spacial score (nSPS) is 10.9. The number of amides is 1. The molecule has 0 saturated carbocycles. The van der Waals surface area contributed by atoms with Gasteiger partial charge >= 0.3 is 13.2 Å². The molecule has 0 aromatic carbocycles. The van der Waals surface area contributed by atoms with Gasteiger partial charge in [0.2, 0.25) is 0 Å². The fourth-order valence-electron chi connectivity index (χ4n) is 0.659. The monoisotopic (exact) mass is 189 g/mol. The van der Waals surface area contributed by atoms with E-state index >= 15 is 0 Å². The second-order valence-corrected chi connectivity index (χ2v) is 3.84. The van der Waals surface area contributed by atoms with E-state index in [-0.39, 0.29) is 6.44 Å². The molecule has 0 aliphatic rings. The van der Waals surface area contributed by atoms with Gasteiger partial charge in [0.1, 0.15) is 5.60 Å². The van der Waals surface area contributed by atoms with Crippen LogP contribution in [0, 0.1) is 0 Å². The molecule has 0 radical (unpaired) electrons. The molecular weight excluding hydrogens is 173 g/mol. The van der Waals surface area contributed by atoms with E-state index in [2.05, 4.69) is 0 Å². The Hall–Kier alpha value is -0.745. The molecule has 2 N–H and O–H groups in total. The lowest BCUT2D eigenvalue weighted by Crippen LogP contribution is -2.40. The number of hydrogen-bond acceptors (Lipinski definition) is 4. The predicted molar refractivity (Wildman–Crippen MR) is 49.1 cm³/mol. The van der Waals surface area contributed by atoms with Gasteiger partial charge in [-0.15, -0.1) is 0 Å². The maximum absolute atomic E-state index is 11.2. The van der Waals surface area contributed by atoms with Crippen LogP contribution >= 0.6 is 0 Å². The average molecular weight is 189 g/mol. The zero-order valence-corrected chi connectivity index (χ0v) is 8.44. The van der Waals surface area contributed by atoms with Crippen LogP contribution in [0.5, 0.6) is 0 Å². The summed E-state index contributed by atoms with van der Waals surface area (Å²) in [6.07, 6.45) is -0.727. The zero-order valence-electron chi connectivity index (χ0n) is 8.44. The maximum atomic E-state index is 11.2. The Morgan fingerprint density at radius 2 is 1.92 bits per heavy atom. The highest BCUT2D eigenvalue weighted by atomic mass is 16.6. The van der Waals surface area contributed by atoms with Crippen LogP contribution in [0.2, 0.25) is 0 Å². The highest BCUT2D eigenvalue weighted by Gasteiger charge is 2.22. The molecule has 0 fully saturated rings. The van der Waals surface area contributed by atoms with Gasteiger partial charge in [-0.3, -0.25) is 0 Å². The molecule has 0 aromatic heterocycles. The minimum atomic E-state index is -1.53. The van der Waals surface area contributed by atoms with Crippen molar-refractivity contribution in [3.63, 3.8) is 0 Å². The van der Waals surface area contributed by atoms with Crippen molar-refractivity contribution in [1.82, 2.24) is 4.90 Å². The summed E-state index contributed by atoms with van der Waals surface area (Å²) < 4.78 is 4.97. The number of rotatable bonds is 2. The summed E-state index contributed by atoms with van der Waals surface area (Å²) in [5.41, 5.74) is -0.564. The van der Waals surface area contributed by atoms with Crippen LogP contribution in [-0.2, 0) is 4.74 Å². The molecule has 1 amide bonds. The topological polar surface area (TPSA) is 70.0 Å². The average Bonchev–Trinajstić information content (AvgIpc) is 1.81. The van der Waals surface area contributed by atoms with Crippen LogP contribution in [0.1, 0.15) is 20.8 Å². The zero-order chi connectivity index (χ0) is 10.6. The van der Waals surface area contributed by atoms with Crippen molar-refractivity contribution in [2.75, 3.05) is 13.5 Å². The van der Waals surface area contributed by atoms with Gasteiger partial charge in [0.25, 0.3) is 0 Å². The lowest BCUT2D eigenvalue weighted by atomic mass is 9.92. The number of hydrogen-bond donors (Lipinski definition) is 2. The third-order valence-electron chi connectivity index (χ3n) is 1.14. The second kappa shape index (κ2) is 4.48. The molecule has 0 bridgehead atoms. The van der Waals surface area contributed by atoms with Gasteiger partial charge in [-0.05, 0) is 20.8 Å². The lowest BCUT2D eigenvalue weighted by molar-refractivity contribution is 0.0315. The number of nitrogens with zero attached hydrogens (tertiary/aromatic N) is 1. The third kappa shape index (κ3) is 6.42. The largest absolute Gasteiger partial charge is 0.472 e. The molecule has 13 heavy (non-hydrogen) atoms. The van der Waals surface area contributed by atoms with Crippen LogP contribution in [0.15, 0.2) is 0 Å². The summed E-state index contributed by atoms with van der Waals surface area (Å²) in [7, 11) is -0.0921. The van der Waals surface area contributed by atoms with Gasteiger partial charge in [-0.25, -0.2) is 4.79 Å². The number of ether oxygens (including phenoxy) is 1. The van der Waals surface area contributed by atoms with Crippen LogP contribution in [0.25, 0.3) is 0 Å². The van der Waals surface area contributed by atoms with Gasteiger partial charge in [-0.1, -0.05) is 0 Å². The van der Waals surface area contributed by atoms with Gasteiger partial charge in [-0.2, -0.15) is 0 Å². The minimum absolute atomic E-state index is 0.158. The smallest absolute Gasteiger partial charge is 0.444 e. The van der Waals surface area contributed by atoms with Crippen molar-refractivity contribution in [3.05, 3.63) is 0 Å². The SMILES string of the molecule is CN(CB(O)O)C(=O)OC(C)(C)C. The summed E-state index contributed by atoms with van der Waals surface area (Å²) in [5, 5.41) is 17.2. The third-order valence-corrected chi connectivity index (χ3v) is 1.14. The molecule has 0 rings (SSSR count). The molecule has 0 aliphatic heterocycles. The Labute approximate surface area is 78.4 Å². The summed E-state index contributed by atoms with van der Waals surface area (Å²) in [6.45, 7) is 5.23. The van der Waals surface area contributed by atoms with Crippen LogP contribution in [0.4, 0.5) is 4.79 Å². The van der Waals surface area contributed by atoms with Gasteiger partial charge in [0.05, 0.1) is 6.44 Å². The van der Waals surface area contributed by atoms with Crippen molar-refractivity contribution in [2.45, 2.75) is 26.4 Å². The minimum Gasteiger partial charge on any atom is -0.444 e. The second-order valence-electron chi connectivity index (χ2n) is 3.84. The number of carbonyl (C=O) groups is 1. The first-order valence-corrected chi connectivity index (χ1v) is 4.02. The van der Waals surface area contributed by atoms with E-state index in [1.165, 1.54) is 7.05 Å². The van der Waals surface area contributed by atoms with E-state index in [9.17, 15) is 4.79 Å². The highest BCUT2D eigenvalue weighted by molar-refractivity contribution is 6.41.